The molecule has 14 heavy (non-hydrogen) atoms. The molecule has 0 aliphatic carbocycles. The van der Waals surface area contributed by atoms with Gasteiger partial charge in [-0.15, -0.1) is 0 Å². The summed E-state index contributed by atoms with van der Waals surface area (Å²) in [4.78, 5) is 9.87. The number of rotatable bonds is 4. The van der Waals surface area contributed by atoms with E-state index < -0.39 is 24.4 Å². The third kappa shape index (κ3) is 6.93. The summed E-state index contributed by atoms with van der Waals surface area (Å²) in [6.45, 7) is 3.17. The normalized spacial score (nSPS) is 18.5. The molecule has 0 saturated carbocycles. The van der Waals surface area contributed by atoms with E-state index in [1.54, 1.807) is 6.92 Å². The van der Waals surface area contributed by atoms with Gasteiger partial charge in [-0.3, -0.25) is 0 Å². The Morgan fingerprint density at radius 3 is 1.71 bits per heavy atom. The fourth-order valence-corrected chi connectivity index (χ4v) is 0.568. The average molecular weight is 210 g/mol. The highest BCUT2D eigenvalue weighted by Gasteiger charge is 2.27. The molecule has 5 N–H and O–H groups in total. The van der Waals surface area contributed by atoms with Crippen LogP contribution in [-0.4, -0.2) is 62.8 Å². The Morgan fingerprint density at radius 1 is 1.14 bits per heavy atom. The van der Waals surface area contributed by atoms with Crippen molar-refractivity contribution in [3.63, 3.8) is 0 Å². The summed E-state index contributed by atoms with van der Waals surface area (Å²) in [6, 6.07) is 0. The first-order valence-corrected chi connectivity index (χ1v) is 4.20. The Balaban J connectivity index is 0. The van der Waals surface area contributed by atoms with Crippen LogP contribution in [0.3, 0.4) is 0 Å². The van der Waals surface area contributed by atoms with Crippen LogP contribution in [0.5, 0.6) is 0 Å². The highest BCUT2D eigenvalue weighted by molar-refractivity contribution is 5.56. The van der Waals surface area contributed by atoms with Crippen molar-refractivity contribution in [2.45, 2.75) is 38.3 Å². The molecule has 0 radical (unpaired) electrons. The maximum Gasteiger partial charge on any atom is 0.151 e. The monoisotopic (exact) mass is 210 g/mol. The van der Waals surface area contributed by atoms with Crippen molar-refractivity contribution in [1.82, 2.24) is 0 Å². The van der Waals surface area contributed by atoms with Crippen LogP contribution in [0.4, 0.5) is 0 Å². The molecule has 0 aromatic heterocycles. The fraction of sp³-hybridized carbons (Fsp3) is 0.875. The molecule has 0 fully saturated rings. The molecule has 0 unspecified atom stereocenters. The Kier molecular flexibility index (Phi) is 10.3. The second kappa shape index (κ2) is 9.04. The summed E-state index contributed by atoms with van der Waals surface area (Å²) in [5, 5.41) is 42.7. The predicted molar refractivity (Wildman–Crippen MR) is 48.5 cm³/mol. The van der Waals surface area contributed by atoms with Crippen molar-refractivity contribution in [3.05, 3.63) is 0 Å². The second-order valence-electron chi connectivity index (χ2n) is 2.66. The van der Waals surface area contributed by atoms with E-state index in [4.69, 9.17) is 25.5 Å². The Bertz CT molecular complexity index is 138. The van der Waals surface area contributed by atoms with Gasteiger partial charge < -0.3 is 30.3 Å². The molecule has 0 bridgehead atoms. The lowest BCUT2D eigenvalue weighted by molar-refractivity contribution is -0.132. The number of aldehydes is 1. The van der Waals surface area contributed by atoms with Gasteiger partial charge in [0.15, 0.2) is 6.29 Å². The zero-order valence-electron chi connectivity index (χ0n) is 8.24. The van der Waals surface area contributed by atoms with Crippen LogP contribution in [0.2, 0.25) is 0 Å². The molecular formula is C8H18O6. The molecule has 0 aromatic carbocycles. The minimum atomic E-state index is -1.65. The Hall–Kier alpha value is -0.530. The van der Waals surface area contributed by atoms with Crippen molar-refractivity contribution < 1.29 is 30.3 Å². The van der Waals surface area contributed by atoms with Gasteiger partial charge in [0.25, 0.3) is 0 Å². The van der Waals surface area contributed by atoms with E-state index in [1.807, 2.05) is 0 Å². The SMILES string of the molecule is CCO.C[C@H](O)[C@H](O)[C@@H](O)[C@@H](O)C=O. The first kappa shape index (κ1) is 15.9. The number of hydrogen-bond acceptors (Lipinski definition) is 6. The van der Waals surface area contributed by atoms with Gasteiger partial charge in [0, 0.05) is 6.61 Å². The number of aliphatic hydroxyl groups is 5. The Morgan fingerprint density at radius 2 is 1.50 bits per heavy atom. The molecule has 0 aliphatic heterocycles. The van der Waals surface area contributed by atoms with Gasteiger partial charge >= 0.3 is 0 Å². The molecule has 0 amide bonds. The summed E-state index contributed by atoms with van der Waals surface area (Å²) >= 11 is 0. The molecule has 0 aliphatic rings. The average Bonchev–Trinajstić information content (AvgIpc) is 2.15. The third-order valence-corrected chi connectivity index (χ3v) is 1.33. The lowest BCUT2D eigenvalue weighted by Crippen LogP contribution is -2.43. The van der Waals surface area contributed by atoms with Gasteiger partial charge in [-0.1, -0.05) is 0 Å². The van der Waals surface area contributed by atoms with Gasteiger partial charge in [0.2, 0.25) is 0 Å². The highest BCUT2D eigenvalue weighted by atomic mass is 16.4. The van der Waals surface area contributed by atoms with Crippen molar-refractivity contribution in [1.29, 1.82) is 0 Å². The van der Waals surface area contributed by atoms with Gasteiger partial charge in [0.05, 0.1) is 6.10 Å². The van der Waals surface area contributed by atoms with Crippen molar-refractivity contribution >= 4 is 6.29 Å². The number of carbonyl (C=O) groups is 1. The molecule has 0 aromatic rings. The standard InChI is InChI=1S/C6H12O5.C2H6O/c1-3(8)5(10)6(11)4(9)2-7;1-2-3/h2-6,8-11H,1H3;3H,2H2,1H3/t3-,4-,5-,6-;/m0./s1. The second-order valence-corrected chi connectivity index (χ2v) is 2.66. The van der Waals surface area contributed by atoms with E-state index in [9.17, 15) is 4.79 Å². The van der Waals surface area contributed by atoms with Crippen LogP contribution in [0.25, 0.3) is 0 Å². The highest BCUT2D eigenvalue weighted by Crippen LogP contribution is 2.02. The first-order chi connectivity index (χ1) is 6.42. The molecule has 0 heterocycles. The summed E-state index contributed by atoms with van der Waals surface area (Å²) in [6.07, 6.45) is -5.88. The van der Waals surface area contributed by atoms with Crippen LogP contribution in [0, 0.1) is 0 Å². The summed E-state index contributed by atoms with van der Waals surface area (Å²) in [5.74, 6) is 0. The van der Waals surface area contributed by atoms with Gasteiger partial charge in [-0.2, -0.15) is 0 Å². The van der Waals surface area contributed by atoms with Crippen molar-refractivity contribution in [2.24, 2.45) is 0 Å². The lowest BCUT2D eigenvalue weighted by Gasteiger charge is -2.21. The summed E-state index contributed by atoms with van der Waals surface area (Å²) in [5.41, 5.74) is 0. The van der Waals surface area contributed by atoms with E-state index in [-0.39, 0.29) is 12.9 Å². The number of aliphatic hydroxyl groups excluding tert-OH is 5. The van der Waals surface area contributed by atoms with Crippen LogP contribution >= 0.6 is 0 Å². The molecule has 6 heteroatoms. The summed E-state index contributed by atoms with van der Waals surface area (Å²) < 4.78 is 0. The molecule has 0 saturated heterocycles. The van der Waals surface area contributed by atoms with E-state index in [2.05, 4.69) is 0 Å². The maximum absolute atomic E-state index is 9.87. The smallest absolute Gasteiger partial charge is 0.151 e. The van der Waals surface area contributed by atoms with Crippen LogP contribution in [0.1, 0.15) is 13.8 Å². The van der Waals surface area contributed by atoms with E-state index in [0.29, 0.717) is 0 Å². The zero-order valence-corrected chi connectivity index (χ0v) is 8.24. The van der Waals surface area contributed by atoms with E-state index in [1.165, 1.54) is 6.92 Å². The molecule has 0 rings (SSSR count). The molecule has 4 atom stereocenters. The quantitative estimate of drug-likeness (QED) is 0.331. The van der Waals surface area contributed by atoms with Crippen LogP contribution in [-0.2, 0) is 4.79 Å². The molecular weight excluding hydrogens is 192 g/mol. The van der Waals surface area contributed by atoms with E-state index in [0.717, 1.165) is 0 Å². The topological polar surface area (TPSA) is 118 Å². The van der Waals surface area contributed by atoms with Crippen molar-refractivity contribution in [3.8, 4) is 0 Å². The van der Waals surface area contributed by atoms with Crippen LogP contribution in [0.15, 0.2) is 0 Å². The first-order valence-electron chi connectivity index (χ1n) is 4.20. The third-order valence-electron chi connectivity index (χ3n) is 1.33. The molecule has 0 spiro atoms. The van der Waals surface area contributed by atoms with Crippen LogP contribution < -0.4 is 0 Å². The predicted octanol–water partition coefficient (Wildman–Crippen LogP) is -2.35. The number of hydrogen-bond donors (Lipinski definition) is 5. The van der Waals surface area contributed by atoms with Gasteiger partial charge in [-0.25, -0.2) is 0 Å². The van der Waals surface area contributed by atoms with E-state index >= 15 is 0 Å². The van der Waals surface area contributed by atoms with Gasteiger partial charge in [-0.05, 0) is 13.8 Å². The zero-order chi connectivity index (χ0) is 11.7. The minimum Gasteiger partial charge on any atom is -0.397 e. The minimum absolute atomic E-state index is 0.0935. The van der Waals surface area contributed by atoms with Gasteiger partial charge in [0.1, 0.15) is 18.3 Å². The largest absolute Gasteiger partial charge is 0.397 e. The lowest BCUT2D eigenvalue weighted by atomic mass is 10.1. The molecule has 6 nitrogen and oxygen atoms in total. The maximum atomic E-state index is 9.87. The summed E-state index contributed by atoms with van der Waals surface area (Å²) in [7, 11) is 0. The number of carbonyl (C=O) groups excluding carboxylic acids is 1. The molecule has 86 valence electrons. The Labute approximate surface area is 82.4 Å². The fourth-order valence-electron chi connectivity index (χ4n) is 0.568. The van der Waals surface area contributed by atoms with Crippen molar-refractivity contribution in [2.75, 3.05) is 6.61 Å².